The van der Waals surface area contributed by atoms with Crippen LogP contribution in [0.4, 0.5) is 4.79 Å². The van der Waals surface area contributed by atoms with Crippen molar-refractivity contribution in [1.29, 1.82) is 0 Å². The van der Waals surface area contributed by atoms with Crippen LogP contribution in [0.15, 0.2) is 18.3 Å². The Labute approximate surface area is 111 Å². The Kier molecular flexibility index (Phi) is 5.21. The van der Waals surface area contributed by atoms with Crippen LogP contribution in [0.1, 0.15) is 5.56 Å². The summed E-state index contributed by atoms with van der Waals surface area (Å²) in [5.41, 5.74) is 1.35. The van der Waals surface area contributed by atoms with Crippen molar-refractivity contribution in [3.05, 3.63) is 30.1 Å². The predicted octanol–water partition coefficient (Wildman–Crippen LogP) is -5.66. The molecule has 0 radical (unpaired) electrons. The van der Waals surface area contributed by atoms with Crippen LogP contribution >= 0.6 is 0 Å². The molecule has 0 atom stereocenters. The number of carbonyl (C=O) groups excluding carboxylic acids is 1. The first-order chi connectivity index (χ1) is 6.20. The standard InChI is InChI=1S/C9H7N2O2.2Li/c1-6-2-4-10-8-7(6)3-5-11(8)9(12)13;;/h2-4H,1H3,(H,12,13);;/q-1;2*+1/p-1. The largest absolute Gasteiger partial charge is 1.00 e. The van der Waals surface area contributed by atoms with Gasteiger partial charge in [-0.05, 0) is 6.92 Å². The van der Waals surface area contributed by atoms with Gasteiger partial charge in [0, 0.05) is 11.8 Å². The summed E-state index contributed by atoms with van der Waals surface area (Å²) in [6.07, 6.45) is 2.79. The molecule has 4 nitrogen and oxygen atoms in total. The van der Waals surface area contributed by atoms with E-state index in [0.29, 0.717) is 5.65 Å². The van der Waals surface area contributed by atoms with E-state index >= 15 is 0 Å². The van der Waals surface area contributed by atoms with Crippen molar-refractivity contribution in [2.45, 2.75) is 6.92 Å². The van der Waals surface area contributed by atoms with E-state index in [-0.39, 0.29) is 37.7 Å². The van der Waals surface area contributed by atoms with Crippen LogP contribution in [0.3, 0.4) is 0 Å². The monoisotopic (exact) mass is 188 g/mol. The SMILES string of the molecule is Cc1ccnc2c1c[c-]n2C(=O)[O-].[Li+].[Li+]. The van der Waals surface area contributed by atoms with E-state index in [1.54, 1.807) is 12.3 Å². The molecule has 6 heteroatoms. The molecule has 2 rings (SSSR count). The maximum Gasteiger partial charge on any atom is 1.00 e. The summed E-state index contributed by atoms with van der Waals surface area (Å²) in [5, 5.41) is 11.4. The molecule has 0 aromatic carbocycles. The molecule has 0 bridgehead atoms. The topological polar surface area (TPSA) is 58.0 Å². The van der Waals surface area contributed by atoms with E-state index in [1.807, 2.05) is 13.0 Å². The minimum absolute atomic E-state index is 0. The molecule has 2 aromatic rings. The number of carbonyl (C=O) groups is 1. The molecule has 0 saturated heterocycles. The summed E-state index contributed by atoms with van der Waals surface area (Å²) >= 11 is 0. The van der Waals surface area contributed by atoms with Gasteiger partial charge in [-0.1, -0.05) is 23.2 Å². The zero-order valence-electron chi connectivity index (χ0n) is 8.94. The molecule has 2 aromatic heterocycles. The second-order valence-electron chi connectivity index (χ2n) is 2.74. The first kappa shape index (κ1) is 14.4. The molecule has 0 saturated carbocycles. The Bertz CT molecular complexity index is 482. The number of hydrogen-bond donors (Lipinski definition) is 0. The molecular formula is C9H6Li2N2O2. The van der Waals surface area contributed by atoms with Gasteiger partial charge in [0.05, 0.1) is 6.09 Å². The van der Waals surface area contributed by atoms with Crippen molar-refractivity contribution in [1.82, 2.24) is 9.55 Å². The molecule has 0 aliphatic heterocycles. The van der Waals surface area contributed by atoms with Gasteiger partial charge in [-0.15, -0.1) is 6.07 Å². The molecule has 0 aliphatic rings. The van der Waals surface area contributed by atoms with E-state index in [4.69, 9.17) is 0 Å². The smallest absolute Gasteiger partial charge is 0.587 e. The average Bonchev–Trinajstić information content (AvgIpc) is 2.48. The maximum atomic E-state index is 10.6. The third-order valence-electron chi connectivity index (χ3n) is 1.92. The van der Waals surface area contributed by atoms with Crippen LogP contribution in [0.2, 0.25) is 0 Å². The van der Waals surface area contributed by atoms with Gasteiger partial charge in [0.25, 0.3) is 0 Å². The maximum absolute atomic E-state index is 10.6. The number of rotatable bonds is 0. The van der Waals surface area contributed by atoms with Crippen LogP contribution < -0.4 is 42.8 Å². The fraction of sp³-hybridized carbons (Fsp3) is 0.111. The van der Waals surface area contributed by atoms with Crippen LogP contribution in [-0.4, -0.2) is 15.6 Å². The van der Waals surface area contributed by atoms with E-state index in [9.17, 15) is 9.90 Å². The molecular weight excluding hydrogens is 182 g/mol. The minimum atomic E-state index is -1.31. The molecule has 0 spiro atoms. The molecule has 15 heavy (non-hydrogen) atoms. The van der Waals surface area contributed by atoms with Crippen molar-refractivity contribution in [3.8, 4) is 0 Å². The fourth-order valence-electron chi connectivity index (χ4n) is 1.24. The average molecular weight is 188 g/mol. The Morgan fingerprint density at radius 1 is 1.53 bits per heavy atom. The fourth-order valence-corrected chi connectivity index (χ4v) is 1.24. The number of fused-ring (bicyclic) bond motifs is 1. The van der Waals surface area contributed by atoms with Gasteiger partial charge in [0.15, 0.2) is 0 Å². The summed E-state index contributed by atoms with van der Waals surface area (Å²) in [5.74, 6) is 0. The van der Waals surface area contributed by atoms with Gasteiger partial charge in [0.1, 0.15) is 0 Å². The normalized spacial score (nSPS) is 9.13. The number of nitrogens with zero attached hydrogens (tertiary/aromatic N) is 2. The number of carboxylic acid groups (broad SMARTS) is 1. The van der Waals surface area contributed by atoms with Crippen LogP contribution in [0, 0.1) is 13.1 Å². The number of aromatic nitrogens is 2. The van der Waals surface area contributed by atoms with Crippen molar-refractivity contribution in [3.63, 3.8) is 0 Å². The molecule has 0 unspecified atom stereocenters. The van der Waals surface area contributed by atoms with Crippen molar-refractivity contribution in [2.24, 2.45) is 0 Å². The van der Waals surface area contributed by atoms with Crippen LogP contribution in [-0.2, 0) is 0 Å². The molecule has 0 aliphatic carbocycles. The molecule has 0 N–H and O–H groups in total. The summed E-state index contributed by atoms with van der Waals surface area (Å²) < 4.78 is 0.877. The van der Waals surface area contributed by atoms with Crippen molar-refractivity contribution < 1.29 is 47.6 Å². The zero-order valence-corrected chi connectivity index (χ0v) is 8.94. The Hall–Kier alpha value is -0.645. The summed E-state index contributed by atoms with van der Waals surface area (Å²) in [4.78, 5) is 14.5. The zero-order chi connectivity index (χ0) is 9.42. The Morgan fingerprint density at radius 2 is 2.20 bits per heavy atom. The minimum Gasteiger partial charge on any atom is -0.587 e. The molecule has 2 heterocycles. The summed E-state index contributed by atoms with van der Waals surface area (Å²) in [6, 6.07) is 3.41. The van der Waals surface area contributed by atoms with Gasteiger partial charge in [0.2, 0.25) is 0 Å². The van der Waals surface area contributed by atoms with Gasteiger partial charge < -0.3 is 14.5 Å². The second kappa shape index (κ2) is 5.44. The van der Waals surface area contributed by atoms with E-state index < -0.39 is 6.09 Å². The number of aryl methyl sites for hydroxylation is 1. The van der Waals surface area contributed by atoms with E-state index in [1.165, 1.54) is 0 Å². The number of pyridine rings is 1. The Morgan fingerprint density at radius 3 is 2.80 bits per heavy atom. The first-order valence-electron chi connectivity index (χ1n) is 3.76. The van der Waals surface area contributed by atoms with E-state index in [0.717, 1.165) is 15.5 Å². The van der Waals surface area contributed by atoms with Crippen molar-refractivity contribution in [2.75, 3.05) is 0 Å². The third kappa shape index (κ3) is 2.48. The van der Waals surface area contributed by atoms with Gasteiger partial charge >= 0.3 is 37.7 Å². The van der Waals surface area contributed by atoms with Gasteiger partial charge in [-0.3, -0.25) is 4.98 Å². The van der Waals surface area contributed by atoms with Crippen LogP contribution in [0.5, 0.6) is 0 Å². The second-order valence-corrected chi connectivity index (χ2v) is 2.74. The Balaban J connectivity index is 0.000000980. The molecule has 0 amide bonds. The predicted molar refractivity (Wildman–Crippen MR) is 44.1 cm³/mol. The van der Waals surface area contributed by atoms with Crippen LogP contribution in [0.25, 0.3) is 11.0 Å². The van der Waals surface area contributed by atoms with Gasteiger partial charge in [-0.2, -0.15) is 0 Å². The number of hydrogen-bond acceptors (Lipinski definition) is 3. The quantitative estimate of drug-likeness (QED) is 0.306. The van der Waals surface area contributed by atoms with E-state index in [2.05, 4.69) is 11.2 Å². The third-order valence-corrected chi connectivity index (χ3v) is 1.92. The summed E-state index contributed by atoms with van der Waals surface area (Å²) in [6.45, 7) is 1.89. The molecule has 0 fully saturated rings. The summed E-state index contributed by atoms with van der Waals surface area (Å²) in [7, 11) is 0. The van der Waals surface area contributed by atoms with Gasteiger partial charge in [-0.25, -0.2) is 0 Å². The molecule has 66 valence electrons. The van der Waals surface area contributed by atoms with Crippen molar-refractivity contribution >= 4 is 17.1 Å². The first-order valence-corrected chi connectivity index (χ1v) is 3.76.